The summed E-state index contributed by atoms with van der Waals surface area (Å²) in [4.78, 5) is 34.6. The number of aryl methyl sites for hydroxylation is 1. The minimum atomic E-state index is -0.230. The third kappa shape index (κ3) is 3.81. The monoisotopic (exact) mass is 428 g/mol. The molecule has 0 radical (unpaired) electrons. The summed E-state index contributed by atoms with van der Waals surface area (Å²) in [5.41, 5.74) is 1.36. The highest BCUT2D eigenvalue weighted by Gasteiger charge is 2.29. The van der Waals surface area contributed by atoms with Crippen molar-refractivity contribution in [3.8, 4) is 0 Å². The second-order valence-electron chi connectivity index (χ2n) is 8.07. The maximum absolute atomic E-state index is 13.3. The molecule has 4 rings (SSSR count). The third-order valence-corrected chi connectivity index (χ3v) is 5.61. The van der Waals surface area contributed by atoms with Crippen LogP contribution in [0, 0.1) is 12.8 Å². The number of hydrogen-bond acceptors (Lipinski definition) is 5. The van der Waals surface area contributed by atoms with Crippen LogP contribution in [0.2, 0.25) is 5.02 Å². The molecular formula is C22H25ClN4O3. The molecule has 0 N–H and O–H groups in total. The maximum Gasteiger partial charge on any atom is 0.265 e. The van der Waals surface area contributed by atoms with Gasteiger partial charge in [-0.1, -0.05) is 31.5 Å². The van der Waals surface area contributed by atoms with Crippen LogP contribution in [0.25, 0.3) is 11.1 Å². The molecule has 1 amide bonds. The molecule has 1 aliphatic heterocycles. The van der Waals surface area contributed by atoms with Crippen molar-refractivity contribution in [3.63, 3.8) is 0 Å². The van der Waals surface area contributed by atoms with Crippen LogP contribution >= 0.6 is 11.6 Å². The Hall–Kier alpha value is -2.80. The van der Waals surface area contributed by atoms with E-state index in [1.807, 2.05) is 38.1 Å². The van der Waals surface area contributed by atoms with Gasteiger partial charge in [0.2, 0.25) is 5.71 Å². The Bertz CT molecular complexity index is 1140. The molecule has 3 heterocycles. The molecule has 0 aliphatic carbocycles. The zero-order chi connectivity index (χ0) is 21.4. The molecule has 0 unspecified atom stereocenters. The second kappa shape index (κ2) is 8.14. The van der Waals surface area contributed by atoms with Gasteiger partial charge in [0.25, 0.3) is 11.5 Å². The van der Waals surface area contributed by atoms with E-state index in [1.54, 1.807) is 16.4 Å². The van der Waals surface area contributed by atoms with E-state index in [9.17, 15) is 9.59 Å². The molecular weight excluding hydrogens is 404 g/mol. The van der Waals surface area contributed by atoms with E-state index in [1.165, 1.54) is 6.33 Å². The molecule has 1 fully saturated rings. The number of carbonyl (C=O) groups excluding carboxylic acids is 1. The molecule has 1 saturated heterocycles. The lowest BCUT2D eigenvalue weighted by Crippen LogP contribution is -2.49. The number of halogens is 1. The molecule has 158 valence electrons. The van der Waals surface area contributed by atoms with E-state index in [4.69, 9.17) is 16.0 Å². The van der Waals surface area contributed by atoms with Gasteiger partial charge in [-0.25, -0.2) is 4.98 Å². The lowest BCUT2D eigenvalue weighted by molar-refractivity contribution is 0.0746. The summed E-state index contributed by atoms with van der Waals surface area (Å²) in [5.74, 6) is 0.533. The fraction of sp³-hybridized carbons (Fsp3) is 0.409. The van der Waals surface area contributed by atoms with E-state index in [2.05, 4.69) is 9.88 Å². The van der Waals surface area contributed by atoms with Crippen LogP contribution in [-0.4, -0.2) is 46.5 Å². The predicted molar refractivity (Wildman–Crippen MR) is 117 cm³/mol. The zero-order valence-corrected chi connectivity index (χ0v) is 18.1. The van der Waals surface area contributed by atoms with Crippen LogP contribution < -0.4 is 10.5 Å². The first-order valence-corrected chi connectivity index (χ1v) is 10.5. The van der Waals surface area contributed by atoms with Crippen LogP contribution in [0.3, 0.4) is 0 Å². The fourth-order valence-corrected chi connectivity index (χ4v) is 4.10. The highest BCUT2D eigenvalue weighted by Crippen LogP contribution is 2.25. The van der Waals surface area contributed by atoms with Gasteiger partial charge in [0.1, 0.15) is 17.5 Å². The summed E-state index contributed by atoms with van der Waals surface area (Å²) in [7, 11) is 0. The normalized spacial score (nSPS) is 14.7. The Balaban J connectivity index is 1.59. The summed E-state index contributed by atoms with van der Waals surface area (Å²) in [6.07, 6.45) is 1.49. The fourth-order valence-electron chi connectivity index (χ4n) is 3.92. The van der Waals surface area contributed by atoms with E-state index in [0.29, 0.717) is 49.1 Å². The van der Waals surface area contributed by atoms with E-state index >= 15 is 0 Å². The first kappa shape index (κ1) is 20.5. The second-order valence-corrected chi connectivity index (χ2v) is 8.50. The van der Waals surface area contributed by atoms with Crippen molar-refractivity contribution in [2.45, 2.75) is 27.3 Å². The van der Waals surface area contributed by atoms with Gasteiger partial charge in [-0.3, -0.25) is 14.2 Å². The SMILES string of the molecule is Cc1oc2ncn(CC(C)C)c(=O)c2c1C(=O)N1CCN(c2cccc(Cl)c2)CC1. The Morgan fingerprint density at radius 3 is 2.63 bits per heavy atom. The molecule has 0 bridgehead atoms. The van der Waals surface area contributed by atoms with Crippen LogP contribution in [0.5, 0.6) is 0 Å². The molecule has 0 spiro atoms. The molecule has 0 saturated carbocycles. The van der Waals surface area contributed by atoms with Gasteiger partial charge in [0.15, 0.2) is 0 Å². The number of carbonyl (C=O) groups is 1. The van der Waals surface area contributed by atoms with Crippen LogP contribution in [0.15, 0.2) is 39.8 Å². The molecule has 2 aromatic heterocycles. The number of benzene rings is 1. The lowest BCUT2D eigenvalue weighted by atomic mass is 10.1. The number of aromatic nitrogens is 2. The highest BCUT2D eigenvalue weighted by atomic mass is 35.5. The zero-order valence-electron chi connectivity index (χ0n) is 17.4. The van der Waals surface area contributed by atoms with Crippen LogP contribution in [0.1, 0.15) is 30.0 Å². The van der Waals surface area contributed by atoms with E-state index in [-0.39, 0.29) is 28.5 Å². The summed E-state index contributed by atoms with van der Waals surface area (Å²) < 4.78 is 7.21. The van der Waals surface area contributed by atoms with Crippen molar-refractivity contribution in [1.82, 2.24) is 14.5 Å². The van der Waals surface area contributed by atoms with E-state index < -0.39 is 0 Å². The summed E-state index contributed by atoms with van der Waals surface area (Å²) in [6, 6.07) is 7.71. The minimum Gasteiger partial charge on any atom is -0.442 e. The molecule has 3 aromatic rings. The number of piperazine rings is 1. The van der Waals surface area contributed by atoms with Gasteiger partial charge in [0.05, 0.1) is 5.56 Å². The number of amides is 1. The van der Waals surface area contributed by atoms with Crippen molar-refractivity contribution >= 4 is 34.3 Å². The Kier molecular flexibility index (Phi) is 5.56. The third-order valence-electron chi connectivity index (χ3n) is 5.37. The lowest BCUT2D eigenvalue weighted by Gasteiger charge is -2.36. The molecule has 7 nitrogen and oxygen atoms in total. The van der Waals surface area contributed by atoms with Crippen molar-refractivity contribution in [1.29, 1.82) is 0 Å². The molecule has 8 heteroatoms. The maximum atomic E-state index is 13.3. The van der Waals surface area contributed by atoms with Gasteiger partial charge in [0, 0.05) is 43.4 Å². The quantitative estimate of drug-likeness (QED) is 0.635. The average molecular weight is 429 g/mol. The summed E-state index contributed by atoms with van der Waals surface area (Å²) >= 11 is 6.10. The van der Waals surface area contributed by atoms with Crippen LogP contribution in [0.4, 0.5) is 5.69 Å². The standard InChI is InChI=1S/C22H25ClN4O3/c1-14(2)12-27-13-24-20-19(22(27)29)18(15(3)30-20)21(28)26-9-7-25(8-10-26)17-6-4-5-16(23)11-17/h4-6,11,13-14H,7-10,12H2,1-3H3. The van der Waals surface area contributed by atoms with Crippen molar-refractivity contribution in [2.24, 2.45) is 5.92 Å². The number of rotatable bonds is 4. The molecule has 1 aliphatic rings. The average Bonchev–Trinajstić information content (AvgIpc) is 3.06. The first-order valence-electron chi connectivity index (χ1n) is 10.1. The Morgan fingerprint density at radius 2 is 1.97 bits per heavy atom. The predicted octanol–water partition coefficient (Wildman–Crippen LogP) is 3.57. The smallest absolute Gasteiger partial charge is 0.265 e. The molecule has 30 heavy (non-hydrogen) atoms. The first-order chi connectivity index (χ1) is 14.3. The van der Waals surface area contributed by atoms with Crippen molar-refractivity contribution in [2.75, 3.05) is 31.1 Å². The largest absolute Gasteiger partial charge is 0.442 e. The van der Waals surface area contributed by atoms with Gasteiger partial charge in [-0.05, 0) is 31.0 Å². The van der Waals surface area contributed by atoms with Crippen molar-refractivity contribution < 1.29 is 9.21 Å². The van der Waals surface area contributed by atoms with Gasteiger partial charge in [-0.2, -0.15) is 0 Å². The number of fused-ring (bicyclic) bond motifs is 1. The van der Waals surface area contributed by atoms with Gasteiger partial charge < -0.3 is 14.2 Å². The summed E-state index contributed by atoms with van der Waals surface area (Å²) in [6.45, 7) is 8.80. The number of furan rings is 1. The number of anilines is 1. The minimum absolute atomic E-state index is 0.182. The number of nitrogens with zero attached hydrogens (tertiary/aromatic N) is 4. The Labute approximate surface area is 179 Å². The van der Waals surface area contributed by atoms with E-state index in [0.717, 1.165) is 5.69 Å². The number of hydrogen-bond donors (Lipinski definition) is 0. The molecule has 0 atom stereocenters. The summed E-state index contributed by atoms with van der Waals surface area (Å²) in [5, 5.41) is 0.967. The van der Waals surface area contributed by atoms with Gasteiger partial charge >= 0.3 is 0 Å². The Morgan fingerprint density at radius 1 is 1.23 bits per heavy atom. The topological polar surface area (TPSA) is 71.6 Å². The highest BCUT2D eigenvalue weighted by molar-refractivity contribution is 6.30. The van der Waals surface area contributed by atoms with Gasteiger partial charge in [-0.15, -0.1) is 0 Å². The molecule has 1 aromatic carbocycles. The van der Waals surface area contributed by atoms with Crippen molar-refractivity contribution in [3.05, 3.63) is 57.3 Å². The van der Waals surface area contributed by atoms with Crippen LogP contribution in [-0.2, 0) is 6.54 Å².